The van der Waals surface area contributed by atoms with Crippen molar-refractivity contribution in [1.29, 1.82) is 0 Å². The third kappa shape index (κ3) is 2.46. The molecule has 0 amide bonds. The molecule has 2 N–H and O–H groups in total. The average molecular weight is 282 g/mol. The van der Waals surface area contributed by atoms with Crippen molar-refractivity contribution in [3.63, 3.8) is 0 Å². The predicted octanol–water partition coefficient (Wildman–Crippen LogP) is 3.79. The summed E-state index contributed by atoms with van der Waals surface area (Å²) in [5, 5.41) is 0. The molecule has 0 saturated heterocycles. The average Bonchev–Trinajstić information content (AvgIpc) is 2.29. The van der Waals surface area contributed by atoms with Crippen molar-refractivity contribution in [1.82, 2.24) is 0 Å². The number of carbonyl (C=O) groups excluding carboxylic acids is 1. The Labute approximate surface area is 104 Å². The summed E-state index contributed by atoms with van der Waals surface area (Å²) in [7, 11) is 0. The van der Waals surface area contributed by atoms with Crippen LogP contribution in [0, 0.1) is 5.92 Å². The van der Waals surface area contributed by atoms with Gasteiger partial charge in [0, 0.05) is 21.6 Å². The first-order valence-electron chi connectivity index (χ1n) is 5.77. The highest BCUT2D eigenvalue weighted by atomic mass is 79.9. The highest BCUT2D eigenvalue weighted by molar-refractivity contribution is 9.10. The van der Waals surface area contributed by atoms with E-state index in [1.807, 2.05) is 6.07 Å². The highest BCUT2D eigenvalue weighted by Crippen LogP contribution is 2.30. The maximum absolute atomic E-state index is 12.3. The molecule has 0 heterocycles. The van der Waals surface area contributed by atoms with Gasteiger partial charge in [-0.25, -0.2) is 0 Å². The fourth-order valence-corrected chi connectivity index (χ4v) is 2.91. The highest BCUT2D eigenvalue weighted by Gasteiger charge is 2.23. The number of hydrogen-bond acceptors (Lipinski definition) is 2. The third-order valence-electron chi connectivity index (χ3n) is 3.23. The van der Waals surface area contributed by atoms with E-state index in [0.29, 0.717) is 5.69 Å². The maximum atomic E-state index is 12.3. The zero-order valence-electron chi connectivity index (χ0n) is 9.21. The molecule has 1 aliphatic carbocycles. The molecule has 1 aromatic rings. The number of Topliss-reactive ketones (excluding diaryl/α,β-unsaturated/α-hetero) is 1. The first kappa shape index (κ1) is 11.6. The molecule has 0 aliphatic heterocycles. The molecular weight excluding hydrogens is 266 g/mol. The second kappa shape index (κ2) is 5.00. The van der Waals surface area contributed by atoms with Crippen LogP contribution in [0.3, 0.4) is 0 Å². The topological polar surface area (TPSA) is 43.1 Å². The number of hydrogen-bond donors (Lipinski definition) is 1. The second-order valence-corrected chi connectivity index (χ2v) is 5.29. The fourth-order valence-electron chi connectivity index (χ4n) is 2.32. The van der Waals surface area contributed by atoms with Crippen LogP contribution in [0.1, 0.15) is 42.5 Å². The Hall–Kier alpha value is -0.830. The molecule has 0 bridgehead atoms. The van der Waals surface area contributed by atoms with Gasteiger partial charge in [0.15, 0.2) is 5.78 Å². The van der Waals surface area contributed by atoms with E-state index in [4.69, 9.17) is 5.73 Å². The van der Waals surface area contributed by atoms with Crippen LogP contribution in [0.15, 0.2) is 22.7 Å². The lowest BCUT2D eigenvalue weighted by Gasteiger charge is -2.20. The van der Waals surface area contributed by atoms with Crippen molar-refractivity contribution in [2.24, 2.45) is 5.92 Å². The number of carbonyl (C=O) groups is 1. The molecule has 3 heteroatoms. The lowest BCUT2D eigenvalue weighted by atomic mass is 9.84. The summed E-state index contributed by atoms with van der Waals surface area (Å²) in [5.41, 5.74) is 7.13. The van der Waals surface area contributed by atoms with E-state index >= 15 is 0 Å². The molecule has 0 spiro atoms. The van der Waals surface area contributed by atoms with Crippen molar-refractivity contribution in [2.75, 3.05) is 5.73 Å². The van der Waals surface area contributed by atoms with Crippen molar-refractivity contribution < 1.29 is 4.79 Å². The summed E-state index contributed by atoms with van der Waals surface area (Å²) < 4.78 is 0.822. The Morgan fingerprint density at radius 1 is 1.25 bits per heavy atom. The van der Waals surface area contributed by atoms with Crippen LogP contribution in [-0.2, 0) is 0 Å². The summed E-state index contributed by atoms with van der Waals surface area (Å²) >= 11 is 3.41. The normalized spacial score (nSPS) is 17.3. The number of anilines is 1. The van der Waals surface area contributed by atoms with Crippen molar-refractivity contribution in [3.05, 3.63) is 28.2 Å². The molecule has 1 aliphatic rings. The van der Waals surface area contributed by atoms with Crippen molar-refractivity contribution in [2.45, 2.75) is 32.1 Å². The molecule has 0 radical (unpaired) electrons. The first-order chi connectivity index (χ1) is 7.68. The maximum Gasteiger partial charge on any atom is 0.167 e. The summed E-state index contributed by atoms with van der Waals surface area (Å²) in [4.78, 5) is 12.3. The van der Waals surface area contributed by atoms with Crippen LogP contribution in [0.5, 0.6) is 0 Å². The molecule has 0 aromatic heterocycles. The van der Waals surface area contributed by atoms with Gasteiger partial charge in [0.2, 0.25) is 0 Å². The lowest BCUT2D eigenvalue weighted by molar-refractivity contribution is 0.0889. The lowest BCUT2D eigenvalue weighted by Crippen LogP contribution is -2.18. The Morgan fingerprint density at radius 3 is 2.56 bits per heavy atom. The van der Waals surface area contributed by atoms with Gasteiger partial charge >= 0.3 is 0 Å². The van der Waals surface area contributed by atoms with Gasteiger partial charge in [0.05, 0.1) is 0 Å². The number of benzene rings is 1. The van der Waals surface area contributed by atoms with Gasteiger partial charge < -0.3 is 5.73 Å². The second-order valence-electron chi connectivity index (χ2n) is 4.44. The Balaban J connectivity index is 2.19. The Bertz CT molecular complexity index is 397. The number of nitrogens with two attached hydrogens (primary N) is 1. The molecular formula is C13H16BrNO. The summed E-state index contributed by atoms with van der Waals surface area (Å²) in [6, 6.07) is 5.42. The van der Waals surface area contributed by atoms with Crippen LogP contribution >= 0.6 is 15.9 Å². The molecule has 1 fully saturated rings. The molecule has 16 heavy (non-hydrogen) atoms. The van der Waals surface area contributed by atoms with Gasteiger partial charge in [-0.3, -0.25) is 4.79 Å². The van der Waals surface area contributed by atoms with Crippen molar-refractivity contribution >= 4 is 27.4 Å². The van der Waals surface area contributed by atoms with E-state index in [0.717, 1.165) is 22.9 Å². The molecule has 2 rings (SSSR count). The summed E-state index contributed by atoms with van der Waals surface area (Å²) in [6.07, 6.45) is 5.71. The first-order valence-corrected chi connectivity index (χ1v) is 6.57. The van der Waals surface area contributed by atoms with Crippen LogP contribution in [0.2, 0.25) is 0 Å². The van der Waals surface area contributed by atoms with Gasteiger partial charge in [-0.1, -0.05) is 19.3 Å². The van der Waals surface area contributed by atoms with Gasteiger partial charge in [-0.15, -0.1) is 0 Å². The minimum Gasteiger partial charge on any atom is -0.399 e. The molecule has 1 saturated carbocycles. The van der Waals surface area contributed by atoms with Crippen LogP contribution in [0.4, 0.5) is 5.69 Å². The smallest absolute Gasteiger partial charge is 0.167 e. The minimum absolute atomic E-state index is 0.216. The predicted molar refractivity (Wildman–Crippen MR) is 69.5 cm³/mol. The quantitative estimate of drug-likeness (QED) is 0.662. The number of halogens is 1. The fraction of sp³-hybridized carbons (Fsp3) is 0.462. The zero-order valence-corrected chi connectivity index (χ0v) is 10.8. The number of nitrogen functional groups attached to an aromatic ring is 1. The molecule has 2 nitrogen and oxygen atoms in total. The van der Waals surface area contributed by atoms with Crippen LogP contribution < -0.4 is 5.73 Å². The SMILES string of the molecule is Nc1ccc(C(=O)C2CCCCC2)c(Br)c1. The van der Waals surface area contributed by atoms with Gasteiger partial charge in [-0.05, 0) is 47.0 Å². The van der Waals surface area contributed by atoms with Crippen LogP contribution in [-0.4, -0.2) is 5.78 Å². The van der Waals surface area contributed by atoms with E-state index in [-0.39, 0.29) is 11.7 Å². The number of ketones is 1. The third-order valence-corrected chi connectivity index (χ3v) is 3.89. The minimum atomic E-state index is 0.216. The monoisotopic (exact) mass is 281 g/mol. The van der Waals surface area contributed by atoms with E-state index < -0.39 is 0 Å². The Morgan fingerprint density at radius 2 is 1.94 bits per heavy atom. The summed E-state index contributed by atoms with van der Waals surface area (Å²) in [5.74, 6) is 0.486. The van der Waals surface area contributed by atoms with Crippen molar-refractivity contribution in [3.8, 4) is 0 Å². The summed E-state index contributed by atoms with van der Waals surface area (Å²) in [6.45, 7) is 0. The standard InChI is InChI=1S/C13H16BrNO/c14-12-8-10(15)6-7-11(12)13(16)9-4-2-1-3-5-9/h6-9H,1-5,15H2. The van der Waals surface area contributed by atoms with Gasteiger partial charge in [0.25, 0.3) is 0 Å². The molecule has 0 unspecified atom stereocenters. The van der Waals surface area contributed by atoms with Crippen LogP contribution in [0.25, 0.3) is 0 Å². The zero-order chi connectivity index (χ0) is 11.5. The molecule has 86 valence electrons. The van der Waals surface area contributed by atoms with E-state index in [1.165, 1.54) is 19.3 Å². The number of rotatable bonds is 2. The molecule has 1 aromatic carbocycles. The van der Waals surface area contributed by atoms with E-state index in [9.17, 15) is 4.79 Å². The van der Waals surface area contributed by atoms with E-state index in [1.54, 1.807) is 12.1 Å². The Kier molecular flexibility index (Phi) is 3.64. The van der Waals surface area contributed by atoms with Gasteiger partial charge in [0.1, 0.15) is 0 Å². The largest absolute Gasteiger partial charge is 0.399 e. The van der Waals surface area contributed by atoms with Gasteiger partial charge in [-0.2, -0.15) is 0 Å². The molecule has 0 atom stereocenters. The van der Waals surface area contributed by atoms with E-state index in [2.05, 4.69) is 15.9 Å².